The number of anilines is 1. The number of amides is 2. The molecule has 1 aliphatic rings. The zero-order chi connectivity index (χ0) is 31.8. The Morgan fingerprint density at radius 1 is 0.844 bits per heavy atom. The van der Waals surface area contributed by atoms with Gasteiger partial charge in [0, 0.05) is 24.0 Å². The molecule has 0 aromatic heterocycles. The molecule has 9 heteroatoms. The summed E-state index contributed by atoms with van der Waals surface area (Å²) in [7, 11) is -4.14. The van der Waals surface area contributed by atoms with Crippen LogP contribution in [-0.2, 0) is 32.6 Å². The third kappa shape index (κ3) is 8.12. The summed E-state index contributed by atoms with van der Waals surface area (Å²) in [6.45, 7) is 1.39. The molecular weight excluding hydrogens is 606 g/mol. The molecule has 45 heavy (non-hydrogen) atoms. The van der Waals surface area contributed by atoms with E-state index in [2.05, 4.69) is 5.32 Å². The Balaban J connectivity index is 1.57. The van der Waals surface area contributed by atoms with Gasteiger partial charge >= 0.3 is 0 Å². The number of benzene rings is 4. The minimum atomic E-state index is -4.14. The lowest BCUT2D eigenvalue weighted by Crippen LogP contribution is -2.54. The molecule has 4 aromatic carbocycles. The van der Waals surface area contributed by atoms with Crippen molar-refractivity contribution < 1.29 is 18.0 Å². The van der Waals surface area contributed by atoms with Crippen molar-refractivity contribution in [2.75, 3.05) is 10.8 Å². The van der Waals surface area contributed by atoms with Gasteiger partial charge in [-0.2, -0.15) is 0 Å². The van der Waals surface area contributed by atoms with Gasteiger partial charge in [-0.25, -0.2) is 8.42 Å². The van der Waals surface area contributed by atoms with Crippen molar-refractivity contribution in [1.29, 1.82) is 0 Å². The van der Waals surface area contributed by atoms with Crippen LogP contribution in [-0.4, -0.2) is 43.8 Å². The van der Waals surface area contributed by atoms with Crippen LogP contribution in [0.15, 0.2) is 114 Å². The standard InChI is InChI=1S/C36H38ClN3O4S/c1-27-13-8-11-22-33(27)40(45(43,44)32-20-6-3-7-21-32)26-35(41)39(25-29-16-12-17-30(37)23-29)34(24-28-14-4-2-5-15-28)36(42)38-31-18-9-10-19-31/h2-8,11-17,20-23,31,34H,9-10,18-19,24-26H2,1H3,(H,38,42)/t34-/m1/s1. The van der Waals surface area contributed by atoms with Crippen LogP contribution in [0.5, 0.6) is 0 Å². The first kappa shape index (κ1) is 32.3. The maximum Gasteiger partial charge on any atom is 0.264 e. The molecule has 1 saturated carbocycles. The Hall–Kier alpha value is -4.14. The first-order valence-electron chi connectivity index (χ1n) is 15.2. The zero-order valence-corrected chi connectivity index (χ0v) is 26.9. The fourth-order valence-electron chi connectivity index (χ4n) is 5.83. The number of hydrogen-bond donors (Lipinski definition) is 1. The molecule has 1 N–H and O–H groups in total. The van der Waals surface area contributed by atoms with Crippen molar-refractivity contribution in [1.82, 2.24) is 10.2 Å². The van der Waals surface area contributed by atoms with Crippen LogP contribution in [0.1, 0.15) is 42.4 Å². The van der Waals surface area contributed by atoms with E-state index in [0.717, 1.165) is 41.1 Å². The van der Waals surface area contributed by atoms with Gasteiger partial charge in [-0.05, 0) is 66.8 Å². The molecule has 1 aliphatic carbocycles. The minimum absolute atomic E-state index is 0.0424. The van der Waals surface area contributed by atoms with E-state index in [4.69, 9.17) is 11.6 Å². The first-order valence-corrected chi connectivity index (χ1v) is 17.1. The monoisotopic (exact) mass is 643 g/mol. The Morgan fingerprint density at radius 2 is 1.47 bits per heavy atom. The number of hydrogen-bond acceptors (Lipinski definition) is 4. The van der Waals surface area contributed by atoms with Crippen molar-refractivity contribution >= 4 is 39.1 Å². The van der Waals surface area contributed by atoms with Crippen molar-refractivity contribution in [3.63, 3.8) is 0 Å². The van der Waals surface area contributed by atoms with E-state index in [1.165, 1.54) is 17.0 Å². The molecule has 0 aliphatic heterocycles. The maximum atomic E-state index is 14.6. The van der Waals surface area contributed by atoms with E-state index in [1.54, 1.807) is 48.5 Å². The van der Waals surface area contributed by atoms with E-state index in [9.17, 15) is 18.0 Å². The van der Waals surface area contributed by atoms with E-state index >= 15 is 0 Å². The van der Waals surface area contributed by atoms with Gasteiger partial charge in [0.25, 0.3) is 10.0 Å². The Bertz CT molecular complexity index is 1710. The Labute approximate surface area is 270 Å². The number of sulfonamides is 1. The highest BCUT2D eigenvalue weighted by atomic mass is 35.5. The molecule has 7 nitrogen and oxygen atoms in total. The highest BCUT2D eigenvalue weighted by Gasteiger charge is 2.35. The van der Waals surface area contributed by atoms with Crippen molar-refractivity contribution in [2.24, 2.45) is 0 Å². The van der Waals surface area contributed by atoms with Gasteiger partial charge in [-0.1, -0.05) is 103 Å². The number of rotatable bonds is 12. The fourth-order valence-corrected chi connectivity index (χ4v) is 7.54. The quantitative estimate of drug-likeness (QED) is 0.190. The van der Waals surface area contributed by atoms with Crippen LogP contribution in [0.2, 0.25) is 5.02 Å². The Kier molecular flexibility index (Phi) is 10.6. The molecule has 0 radical (unpaired) electrons. The molecule has 0 bridgehead atoms. The summed E-state index contributed by atoms with van der Waals surface area (Å²) in [5, 5.41) is 3.69. The normalized spacial score (nSPS) is 14.1. The molecule has 1 atom stereocenters. The van der Waals surface area contributed by atoms with Crippen molar-refractivity contribution in [3.05, 3.63) is 131 Å². The molecule has 1 fully saturated rings. The molecule has 0 spiro atoms. The summed E-state index contributed by atoms with van der Waals surface area (Å²) < 4.78 is 29.4. The predicted octanol–water partition coefficient (Wildman–Crippen LogP) is 6.54. The number of nitrogens with zero attached hydrogens (tertiary/aromatic N) is 2. The third-order valence-corrected chi connectivity index (χ3v) is 10.2. The van der Waals surface area contributed by atoms with E-state index in [0.29, 0.717) is 16.3 Å². The molecule has 234 valence electrons. The summed E-state index contributed by atoms with van der Waals surface area (Å²) in [5.41, 5.74) is 2.72. The lowest BCUT2D eigenvalue weighted by Gasteiger charge is -2.34. The van der Waals surface area contributed by atoms with E-state index < -0.39 is 28.5 Å². The SMILES string of the molecule is Cc1ccccc1N(CC(=O)N(Cc1cccc(Cl)c1)[C@H](Cc1ccccc1)C(=O)NC1CCCC1)S(=O)(=O)c1ccccc1. The maximum absolute atomic E-state index is 14.6. The third-order valence-electron chi connectivity index (χ3n) is 8.21. The van der Waals surface area contributed by atoms with Crippen molar-refractivity contribution in [2.45, 2.75) is 62.6 Å². The molecular formula is C36H38ClN3O4S. The van der Waals surface area contributed by atoms with Crippen LogP contribution >= 0.6 is 11.6 Å². The van der Waals surface area contributed by atoms with Crippen LogP contribution in [0.25, 0.3) is 0 Å². The smallest absolute Gasteiger partial charge is 0.264 e. The van der Waals surface area contributed by atoms with Crippen LogP contribution in [0.4, 0.5) is 5.69 Å². The predicted molar refractivity (Wildman–Crippen MR) is 178 cm³/mol. The number of nitrogens with one attached hydrogen (secondary N) is 1. The van der Waals surface area contributed by atoms with Gasteiger partial charge in [-0.3, -0.25) is 13.9 Å². The topological polar surface area (TPSA) is 86.8 Å². The molecule has 0 unspecified atom stereocenters. The molecule has 5 rings (SSSR count). The lowest BCUT2D eigenvalue weighted by molar-refractivity contribution is -0.140. The molecule has 0 heterocycles. The van der Waals surface area contributed by atoms with Crippen LogP contribution < -0.4 is 9.62 Å². The van der Waals surface area contributed by atoms with Gasteiger partial charge in [-0.15, -0.1) is 0 Å². The number of halogens is 1. The summed E-state index contributed by atoms with van der Waals surface area (Å²) in [4.78, 5) is 30.2. The number of para-hydroxylation sites is 1. The van der Waals surface area contributed by atoms with Crippen LogP contribution in [0.3, 0.4) is 0 Å². The van der Waals surface area contributed by atoms with Gasteiger partial charge in [0.05, 0.1) is 10.6 Å². The van der Waals surface area contributed by atoms with Gasteiger partial charge in [0.2, 0.25) is 11.8 Å². The van der Waals surface area contributed by atoms with Gasteiger partial charge in [0.15, 0.2) is 0 Å². The number of aryl methyl sites for hydroxylation is 1. The highest BCUT2D eigenvalue weighted by Crippen LogP contribution is 2.28. The highest BCUT2D eigenvalue weighted by molar-refractivity contribution is 7.92. The average Bonchev–Trinajstić information content (AvgIpc) is 3.56. The second-order valence-electron chi connectivity index (χ2n) is 11.5. The molecule has 0 saturated heterocycles. The van der Waals surface area contributed by atoms with Crippen LogP contribution in [0, 0.1) is 6.92 Å². The zero-order valence-electron chi connectivity index (χ0n) is 25.3. The van der Waals surface area contributed by atoms with Crippen molar-refractivity contribution in [3.8, 4) is 0 Å². The molecule has 4 aromatic rings. The Morgan fingerprint density at radius 3 is 2.13 bits per heavy atom. The van der Waals surface area contributed by atoms with Gasteiger partial charge in [0.1, 0.15) is 12.6 Å². The first-order chi connectivity index (χ1) is 21.7. The largest absolute Gasteiger partial charge is 0.352 e. The van der Waals surface area contributed by atoms with E-state index in [1.807, 2.05) is 55.5 Å². The van der Waals surface area contributed by atoms with E-state index in [-0.39, 0.29) is 29.8 Å². The summed E-state index contributed by atoms with van der Waals surface area (Å²) >= 11 is 6.33. The second kappa shape index (κ2) is 14.8. The molecule has 2 amide bonds. The fraction of sp³-hybridized carbons (Fsp3) is 0.278. The number of carbonyl (C=O) groups is 2. The summed E-state index contributed by atoms with van der Waals surface area (Å²) in [6, 6.07) is 31.0. The lowest BCUT2D eigenvalue weighted by atomic mass is 10.0. The summed E-state index contributed by atoms with van der Waals surface area (Å²) in [5.74, 6) is -0.755. The minimum Gasteiger partial charge on any atom is -0.352 e. The number of carbonyl (C=O) groups excluding carboxylic acids is 2. The van der Waals surface area contributed by atoms with Gasteiger partial charge < -0.3 is 10.2 Å². The second-order valence-corrected chi connectivity index (χ2v) is 13.8. The summed E-state index contributed by atoms with van der Waals surface area (Å²) in [6.07, 6.45) is 4.14. The average molecular weight is 644 g/mol.